The van der Waals surface area contributed by atoms with Gasteiger partial charge in [0.1, 0.15) is 6.10 Å². The fourth-order valence-electron chi connectivity index (χ4n) is 2.21. The Morgan fingerprint density at radius 1 is 1.24 bits per heavy atom. The van der Waals surface area contributed by atoms with E-state index in [9.17, 15) is 14.4 Å². The van der Waals surface area contributed by atoms with Crippen molar-refractivity contribution in [2.24, 2.45) is 5.73 Å². The van der Waals surface area contributed by atoms with E-state index in [1.54, 1.807) is 24.3 Å². The van der Waals surface area contributed by atoms with E-state index in [0.717, 1.165) is 0 Å². The van der Waals surface area contributed by atoms with Crippen LogP contribution in [0.25, 0.3) is 0 Å². The SMILES string of the molecule is NC(=O)Cc1ccccc1NC(=O)C1CCC(C(=O)O)O1. The molecule has 0 radical (unpaired) electrons. The third kappa shape index (κ3) is 3.79. The van der Waals surface area contributed by atoms with E-state index in [1.165, 1.54) is 0 Å². The standard InChI is InChI=1S/C14H16N2O5/c15-12(17)7-8-3-1-2-4-9(8)16-13(18)10-5-6-11(21-10)14(19)20/h1-4,10-11H,5-7H2,(H2,15,17)(H,16,18)(H,19,20). The van der Waals surface area contributed by atoms with Crippen LogP contribution < -0.4 is 11.1 Å². The van der Waals surface area contributed by atoms with Crippen LogP contribution in [-0.2, 0) is 25.5 Å². The number of rotatable bonds is 5. The molecule has 1 aromatic carbocycles. The van der Waals surface area contributed by atoms with Crippen LogP contribution >= 0.6 is 0 Å². The van der Waals surface area contributed by atoms with Gasteiger partial charge < -0.3 is 20.9 Å². The van der Waals surface area contributed by atoms with Gasteiger partial charge >= 0.3 is 5.97 Å². The molecule has 1 aliphatic rings. The van der Waals surface area contributed by atoms with Crippen LogP contribution in [0.2, 0.25) is 0 Å². The van der Waals surface area contributed by atoms with Crippen molar-refractivity contribution in [1.29, 1.82) is 0 Å². The van der Waals surface area contributed by atoms with Gasteiger partial charge in [0.05, 0.1) is 6.42 Å². The minimum absolute atomic E-state index is 0.0136. The maximum Gasteiger partial charge on any atom is 0.332 e. The van der Waals surface area contributed by atoms with Gasteiger partial charge in [-0.25, -0.2) is 4.79 Å². The van der Waals surface area contributed by atoms with Crippen molar-refractivity contribution in [3.63, 3.8) is 0 Å². The number of anilines is 1. The number of para-hydroxylation sites is 1. The lowest BCUT2D eigenvalue weighted by Gasteiger charge is -2.14. The predicted molar refractivity (Wildman–Crippen MR) is 73.5 cm³/mol. The lowest BCUT2D eigenvalue weighted by Crippen LogP contribution is -2.30. The quantitative estimate of drug-likeness (QED) is 0.720. The van der Waals surface area contributed by atoms with Crippen molar-refractivity contribution in [2.45, 2.75) is 31.5 Å². The van der Waals surface area contributed by atoms with Gasteiger partial charge in [0.2, 0.25) is 5.91 Å². The molecule has 2 amide bonds. The summed E-state index contributed by atoms with van der Waals surface area (Å²) in [7, 11) is 0. The average Bonchev–Trinajstić information content (AvgIpc) is 2.90. The van der Waals surface area contributed by atoms with Crippen LogP contribution in [0.1, 0.15) is 18.4 Å². The first kappa shape index (κ1) is 15.0. The molecule has 2 rings (SSSR count). The molecule has 1 fully saturated rings. The number of amides is 2. The molecule has 7 heteroatoms. The second-order valence-corrected chi connectivity index (χ2v) is 4.82. The first-order chi connectivity index (χ1) is 9.97. The van der Waals surface area contributed by atoms with E-state index < -0.39 is 30.0 Å². The minimum Gasteiger partial charge on any atom is -0.479 e. The second-order valence-electron chi connectivity index (χ2n) is 4.82. The van der Waals surface area contributed by atoms with E-state index in [-0.39, 0.29) is 6.42 Å². The largest absolute Gasteiger partial charge is 0.479 e. The van der Waals surface area contributed by atoms with E-state index in [1.807, 2.05) is 0 Å². The molecule has 1 saturated heterocycles. The Labute approximate surface area is 121 Å². The van der Waals surface area contributed by atoms with Crippen LogP contribution in [0.3, 0.4) is 0 Å². The zero-order valence-corrected chi connectivity index (χ0v) is 11.2. The van der Waals surface area contributed by atoms with Crippen molar-refractivity contribution in [2.75, 3.05) is 5.32 Å². The Morgan fingerprint density at radius 2 is 1.90 bits per heavy atom. The van der Waals surface area contributed by atoms with Crippen molar-refractivity contribution >= 4 is 23.5 Å². The monoisotopic (exact) mass is 292 g/mol. The van der Waals surface area contributed by atoms with Gasteiger partial charge in [-0.3, -0.25) is 9.59 Å². The van der Waals surface area contributed by atoms with E-state index >= 15 is 0 Å². The number of benzene rings is 1. The molecule has 1 aliphatic heterocycles. The molecule has 21 heavy (non-hydrogen) atoms. The van der Waals surface area contributed by atoms with Crippen LogP contribution in [0.15, 0.2) is 24.3 Å². The topological polar surface area (TPSA) is 119 Å². The first-order valence-electron chi connectivity index (χ1n) is 6.52. The van der Waals surface area contributed by atoms with Gasteiger partial charge in [-0.2, -0.15) is 0 Å². The highest BCUT2D eigenvalue weighted by atomic mass is 16.5. The number of ether oxygens (including phenoxy) is 1. The summed E-state index contributed by atoms with van der Waals surface area (Å²) >= 11 is 0. The van der Waals surface area contributed by atoms with Crippen molar-refractivity contribution in [1.82, 2.24) is 0 Å². The summed E-state index contributed by atoms with van der Waals surface area (Å²) in [4.78, 5) is 33.9. The molecule has 112 valence electrons. The third-order valence-electron chi connectivity index (χ3n) is 3.23. The van der Waals surface area contributed by atoms with Gasteiger partial charge in [-0.15, -0.1) is 0 Å². The third-order valence-corrected chi connectivity index (χ3v) is 3.23. The molecule has 2 atom stereocenters. The number of nitrogens with two attached hydrogens (primary N) is 1. The van der Waals surface area contributed by atoms with Gasteiger partial charge in [-0.05, 0) is 24.5 Å². The number of primary amides is 1. The summed E-state index contributed by atoms with van der Waals surface area (Å²) in [5.41, 5.74) is 6.23. The van der Waals surface area contributed by atoms with E-state index in [2.05, 4.69) is 5.32 Å². The Morgan fingerprint density at radius 3 is 2.52 bits per heavy atom. The van der Waals surface area contributed by atoms with E-state index in [4.69, 9.17) is 15.6 Å². The summed E-state index contributed by atoms with van der Waals surface area (Å²) in [5.74, 6) is -1.99. The molecular formula is C14H16N2O5. The van der Waals surface area contributed by atoms with Crippen LogP contribution in [0.4, 0.5) is 5.69 Å². The van der Waals surface area contributed by atoms with Crippen LogP contribution in [-0.4, -0.2) is 35.1 Å². The zero-order valence-electron chi connectivity index (χ0n) is 11.2. The summed E-state index contributed by atoms with van der Waals surface area (Å²) < 4.78 is 5.17. The van der Waals surface area contributed by atoms with Gasteiger partial charge in [-0.1, -0.05) is 18.2 Å². The Balaban J connectivity index is 2.03. The fraction of sp³-hybridized carbons (Fsp3) is 0.357. The summed E-state index contributed by atoms with van der Waals surface area (Å²) in [6.07, 6.45) is -1.08. The van der Waals surface area contributed by atoms with Crippen molar-refractivity contribution in [3.05, 3.63) is 29.8 Å². The average molecular weight is 292 g/mol. The highest BCUT2D eigenvalue weighted by Gasteiger charge is 2.34. The lowest BCUT2D eigenvalue weighted by atomic mass is 10.1. The minimum atomic E-state index is -1.07. The number of hydrogen-bond donors (Lipinski definition) is 3. The number of carbonyl (C=O) groups is 3. The lowest BCUT2D eigenvalue weighted by molar-refractivity contribution is -0.150. The Bertz CT molecular complexity index is 572. The Hall–Kier alpha value is -2.41. The maximum absolute atomic E-state index is 12.1. The number of carbonyl (C=O) groups excluding carboxylic acids is 2. The summed E-state index contributed by atoms with van der Waals surface area (Å²) in [6, 6.07) is 6.80. The molecule has 0 aliphatic carbocycles. The number of nitrogens with one attached hydrogen (secondary N) is 1. The molecule has 1 aromatic rings. The van der Waals surface area contributed by atoms with Crippen LogP contribution in [0, 0.1) is 0 Å². The van der Waals surface area contributed by atoms with E-state index in [0.29, 0.717) is 24.1 Å². The Kier molecular flexibility index (Phi) is 4.54. The number of hydrogen-bond acceptors (Lipinski definition) is 4. The molecule has 0 saturated carbocycles. The van der Waals surface area contributed by atoms with Crippen molar-refractivity contribution < 1.29 is 24.2 Å². The molecule has 0 aromatic heterocycles. The van der Waals surface area contributed by atoms with Gasteiger partial charge in [0.15, 0.2) is 6.10 Å². The molecule has 2 unspecified atom stereocenters. The molecule has 1 heterocycles. The molecule has 7 nitrogen and oxygen atoms in total. The van der Waals surface area contributed by atoms with Crippen molar-refractivity contribution in [3.8, 4) is 0 Å². The molecule has 0 spiro atoms. The number of aliphatic carboxylic acids is 1. The summed E-state index contributed by atoms with van der Waals surface area (Å²) in [6.45, 7) is 0. The fourth-order valence-corrected chi connectivity index (χ4v) is 2.21. The smallest absolute Gasteiger partial charge is 0.332 e. The molecule has 0 bridgehead atoms. The highest BCUT2D eigenvalue weighted by Crippen LogP contribution is 2.22. The predicted octanol–water partition coefficient (Wildman–Crippen LogP) is 0.285. The molecule has 4 N–H and O–H groups in total. The zero-order chi connectivity index (χ0) is 15.4. The first-order valence-corrected chi connectivity index (χ1v) is 6.52. The number of carboxylic acid groups (broad SMARTS) is 1. The van der Waals surface area contributed by atoms with Gasteiger partial charge in [0.25, 0.3) is 5.91 Å². The summed E-state index contributed by atoms with van der Waals surface area (Å²) in [5, 5.41) is 11.5. The maximum atomic E-state index is 12.1. The normalized spacial score (nSPS) is 21.0. The highest BCUT2D eigenvalue weighted by molar-refractivity contribution is 5.96. The second kappa shape index (κ2) is 6.36. The number of carboxylic acids is 1. The van der Waals surface area contributed by atoms with Gasteiger partial charge in [0, 0.05) is 5.69 Å². The molecular weight excluding hydrogens is 276 g/mol. The van der Waals surface area contributed by atoms with Crippen LogP contribution in [0.5, 0.6) is 0 Å².